The van der Waals surface area contributed by atoms with Crippen LogP contribution in [0, 0.1) is 0 Å². The van der Waals surface area contributed by atoms with Crippen molar-refractivity contribution in [2.75, 3.05) is 33.0 Å². The smallest absolute Gasteiger partial charge is 0.449 e. The largest absolute Gasteiger partial charge is 0.452 e. The first-order chi connectivity index (χ1) is 29.8. The molecule has 0 fully saturated rings. The highest BCUT2D eigenvalue weighted by Gasteiger charge is 2.38. The molecule has 0 unspecified atom stereocenters. The van der Waals surface area contributed by atoms with E-state index < -0.39 is 172 Å². The molecular weight excluding hydrogens is 1100 g/mol. The van der Waals surface area contributed by atoms with Crippen LogP contribution in [0.15, 0.2) is 39.5 Å². The van der Waals surface area contributed by atoms with Gasteiger partial charge >= 0.3 is 82.9 Å². The Bertz CT molecular complexity index is 2930. The number of fused-ring (bicyclic) bond motifs is 1. The van der Waals surface area contributed by atoms with E-state index in [2.05, 4.69) is 41.8 Å². The van der Waals surface area contributed by atoms with Crippen molar-refractivity contribution in [1.29, 1.82) is 0 Å². The maximum Gasteiger partial charge on any atom is 0.449 e. The Hall–Kier alpha value is -4.85. The molecule has 22 nitrogen and oxygen atoms in total. The molecule has 1 heterocycles. The molecule has 3 aromatic rings. The summed E-state index contributed by atoms with van der Waals surface area (Å²) < 4.78 is 358. The van der Waals surface area contributed by atoms with E-state index in [1.165, 1.54) is 0 Å². The van der Waals surface area contributed by atoms with Crippen molar-refractivity contribution in [1.82, 2.24) is 0 Å². The predicted molar refractivity (Wildman–Crippen MR) is 176 cm³/mol. The molecule has 67 heavy (non-hydrogen) atoms. The van der Waals surface area contributed by atoms with Gasteiger partial charge in [0.1, 0.15) is 11.0 Å². The lowest BCUT2D eigenvalue weighted by molar-refractivity contribution is -0.154. The van der Waals surface area contributed by atoms with Crippen molar-refractivity contribution >= 4 is 63.0 Å². The third-order valence-corrected chi connectivity index (χ3v) is 9.84. The van der Waals surface area contributed by atoms with Crippen LogP contribution in [-0.2, 0) is 72.9 Å². The number of halogens is 15. The van der Waals surface area contributed by atoms with Crippen LogP contribution < -0.4 is 26.3 Å². The Balaban J connectivity index is 2.51. The van der Waals surface area contributed by atoms with Crippen molar-refractivity contribution in [3.05, 3.63) is 40.6 Å². The highest BCUT2D eigenvalue weighted by Crippen LogP contribution is 2.42. The molecule has 0 aliphatic heterocycles. The van der Waals surface area contributed by atoms with Gasteiger partial charge in [0.15, 0.2) is 61.8 Å². The Morgan fingerprint density at radius 3 is 1.15 bits per heavy atom. The second kappa shape index (κ2) is 19.6. The van der Waals surface area contributed by atoms with E-state index in [4.69, 9.17) is 4.42 Å². The van der Waals surface area contributed by atoms with Crippen molar-refractivity contribution in [2.24, 2.45) is 0 Å². The zero-order chi connectivity index (χ0) is 51.6. The van der Waals surface area contributed by atoms with Crippen LogP contribution >= 0.6 is 0 Å². The molecule has 0 radical (unpaired) electrons. The average Bonchev–Trinajstić information content (AvgIpc) is 3.11. The van der Waals surface area contributed by atoms with Gasteiger partial charge in [-0.3, -0.25) is 4.79 Å². The Morgan fingerprint density at radius 1 is 0.418 bits per heavy atom. The first-order valence-corrected chi connectivity index (χ1v) is 22.1. The number of hydrogen-bond acceptors (Lipinski definition) is 22. The van der Waals surface area contributed by atoms with Gasteiger partial charge in [-0.1, -0.05) is 0 Å². The van der Waals surface area contributed by atoms with Gasteiger partial charge < -0.3 is 25.3 Å². The van der Waals surface area contributed by atoms with E-state index in [0.29, 0.717) is 0 Å². The first-order valence-electron chi connectivity index (χ1n) is 15.4. The maximum absolute atomic E-state index is 13.9. The van der Waals surface area contributed by atoms with Gasteiger partial charge in [-0.2, -0.15) is 108 Å². The van der Waals surface area contributed by atoms with Crippen LogP contribution in [0.3, 0.4) is 0 Å². The van der Waals surface area contributed by atoms with Crippen LogP contribution in [0.5, 0.6) is 28.7 Å². The monoisotopic (exact) mass is 1110 g/mol. The predicted octanol–water partition coefficient (Wildman–Crippen LogP) is 4.47. The van der Waals surface area contributed by atoms with Gasteiger partial charge in [0.2, 0.25) is 11.2 Å². The van der Waals surface area contributed by atoms with E-state index in [9.17, 15) is 113 Å². The highest BCUT2D eigenvalue weighted by molar-refractivity contribution is 7.83. The van der Waals surface area contributed by atoms with Gasteiger partial charge in [-0.05, 0) is 18.2 Å². The van der Waals surface area contributed by atoms with Crippen LogP contribution in [0.1, 0.15) is 0 Å². The number of benzene rings is 2. The summed E-state index contributed by atoms with van der Waals surface area (Å²) in [6.45, 7) is -13.7. The number of rotatable bonds is 21. The molecule has 0 atom stereocenters. The minimum absolute atomic E-state index is 0.0235. The van der Waals surface area contributed by atoms with Crippen LogP contribution in [0.25, 0.3) is 22.3 Å². The van der Waals surface area contributed by atoms with Gasteiger partial charge in [0.05, 0.1) is 0 Å². The fraction of sp³-hybridized carbons (Fsp3) is 0.400. The minimum atomic E-state index is -6.39. The molecule has 0 spiro atoms. The Morgan fingerprint density at radius 2 is 0.761 bits per heavy atom. The van der Waals surface area contributed by atoms with Gasteiger partial charge in [0.25, 0.3) is 0 Å². The molecule has 0 aliphatic carbocycles. The van der Waals surface area contributed by atoms with Crippen molar-refractivity contribution in [3.8, 4) is 40.1 Å². The molecular formula is C25H15F15O22S5. The Kier molecular flexibility index (Phi) is 16.5. The summed E-state index contributed by atoms with van der Waals surface area (Å²) in [5, 5.41) is -1.78. The van der Waals surface area contributed by atoms with Crippen LogP contribution in [0.2, 0.25) is 0 Å². The normalized spacial score (nSPS) is 14.0. The third-order valence-electron chi connectivity index (χ3n) is 5.89. The van der Waals surface area contributed by atoms with E-state index >= 15 is 0 Å². The van der Waals surface area contributed by atoms with Gasteiger partial charge in [-0.15, -0.1) is 0 Å². The maximum atomic E-state index is 13.9. The molecule has 0 N–H and O–H groups in total. The minimum Gasteiger partial charge on any atom is -0.452 e. The fourth-order valence-corrected chi connectivity index (χ4v) is 7.15. The number of alkyl halides is 15. The lowest BCUT2D eigenvalue weighted by Gasteiger charge is -2.17. The van der Waals surface area contributed by atoms with E-state index in [1.54, 1.807) is 0 Å². The summed E-state index contributed by atoms with van der Waals surface area (Å²) in [5.74, 6) is -11.4. The fourth-order valence-electron chi connectivity index (χ4n) is 3.77. The summed E-state index contributed by atoms with van der Waals surface area (Å²) in [4.78, 5) is 13.9. The highest BCUT2D eigenvalue weighted by atomic mass is 32.3. The molecule has 0 bridgehead atoms. The molecule has 0 saturated heterocycles. The van der Waals surface area contributed by atoms with E-state index in [0.717, 1.165) is 0 Å². The van der Waals surface area contributed by atoms with E-state index in [-0.39, 0.29) is 30.3 Å². The first kappa shape index (κ1) is 56.5. The van der Waals surface area contributed by atoms with Crippen molar-refractivity contribution in [3.63, 3.8) is 0 Å². The zero-order valence-corrected chi connectivity index (χ0v) is 34.7. The molecule has 42 heteroatoms. The topological polar surface area (TPSA) is 293 Å². The van der Waals surface area contributed by atoms with Crippen molar-refractivity contribution < 1.29 is 154 Å². The molecule has 2 aromatic carbocycles. The summed E-state index contributed by atoms with van der Waals surface area (Å²) in [7, 11) is -31.0. The van der Waals surface area contributed by atoms with Crippen LogP contribution in [-0.4, -0.2) is 106 Å². The molecule has 0 amide bonds. The van der Waals surface area contributed by atoms with Gasteiger partial charge in [0, 0.05) is 17.7 Å². The lowest BCUT2D eigenvalue weighted by atomic mass is 10.1. The second-order valence-corrected chi connectivity index (χ2v) is 17.5. The quantitative estimate of drug-likeness (QED) is 0.133. The molecule has 1 aromatic heterocycles. The SMILES string of the molecule is O=c1c(OS(=O)(=O)OCC(F)(F)F)c(-c2ccc(OS(=O)(=O)OCC(F)(F)F)c(OS(=O)(=O)OCC(F)(F)F)c2)oc2cc(OS(=O)(=O)OCC(F)(F)F)cc(OS(=O)(=O)OCC(F)(F)F)c12. The summed E-state index contributed by atoms with van der Waals surface area (Å²) in [5.41, 5.74) is -5.41. The second-order valence-electron chi connectivity index (χ2n) is 11.4. The summed E-state index contributed by atoms with van der Waals surface area (Å²) >= 11 is 0. The Labute approximate surface area is 361 Å². The molecule has 382 valence electrons. The average molecular weight is 1110 g/mol. The van der Waals surface area contributed by atoms with Crippen molar-refractivity contribution in [2.45, 2.75) is 30.9 Å². The standard InChI is InChI=1S/C25H15F15O22S5/c26-21(27,28)6-52-63(42,43)58-12-4-15-17(16(5-12)61-66(48,49)55-9-24(35,36)37)18(41)20(62-67(50,51)56-10-25(38,39)40)19(57-15)11-1-2-13(59-64(44,45)53-7-22(29,30)31)14(3-11)60-65(46,47)54-8-23(32,33)34/h1-5H,6-10H2. The summed E-state index contributed by atoms with van der Waals surface area (Å²) in [6, 6.07) is -0.326. The third kappa shape index (κ3) is 19.7. The summed E-state index contributed by atoms with van der Waals surface area (Å²) in [6.07, 6.45) is -27.5. The van der Waals surface area contributed by atoms with Crippen LogP contribution in [0.4, 0.5) is 65.9 Å². The molecule has 0 aliphatic rings. The lowest BCUT2D eigenvalue weighted by Crippen LogP contribution is -2.26. The number of hydrogen-bond donors (Lipinski definition) is 0. The molecule has 3 rings (SSSR count). The van der Waals surface area contributed by atoms with E-state index in [1.807, 2.05) is 0 Å². The molecule has 0 saturated carbocycles. The van der Waals surface area contributed by atoms with Gasteiger partial charge in [-0.25, -0.2) is 20.9 Å². The zero-order valence-electron chi connectivity index (χ0n) is 30.6.